The molecule has 1 aromatic carbocycles. The van der Waals surface area contributed by atoms with Crippen molar-refractivity contribution in [2.45, 2.75) is 6.36 Å². The molecule has 0 aliphatic rings. The third kappa shape index (κ3) is 2.55. The summed E-state index contributed by atoms with van der Waals surface area (Å²) in [4.78, 5) is 3.50. The second-order valence-corrected chi connectivity index (χ2v) is 2.34. The Balaban J connectivity index is 0.00000196. The van der Waals surface area contributed by atoms with Gasteiger partial charge in [-0.2, -0.15) is 0 Å². The van der Waals surface area contributed by atoms with E-state index in [1.165, 1.54) is 0 Å². The maximum Gasteiger partial charge on any atom is 0.245 e. The normalized spacial score (nSPS) is 12.1. The summed E-state index contributed by atoms with van der Waals surface area (Å²) >= 11 is 0. The van der Waals surface area contributed by atoms with Crippen molar-refractivity contribution >= 4 is 12.4 Å². The summed E-state index contributed by atoms with van der Waals surface area (Å²) in [5.41, 5.74) is -1.14. The van der Waals surface area contributed by atoms with Crippen LogP contribution in [0.15, 0.2) is 6.07 Å². The number of halogens is 6. The molecule has 0 aliphatic carbocycles. The van der Waals surface area contributed by atoms with Crippen LogP contribution < -0.4 is 5.90 Å². The number of alkyl halides is 1. The van der Waals surface area contributed by atoms with Gasteiger partial charge in [-0.15, -0.1) is 12.4 Å². The van der Waals surface area contributed by atoms with Crippen LogP contribution in [0.2, 0.25) is 0 Å². The Hall–Kier alpha value is -0.920. The van der Waals surface area contributed by atoms with Crippen LogP contribution in [0.25, 0.3) is 0 Å². The highest BCUT2D eigenvalue weighted by molar-refractivity contribution is 5.85. The maximum atomic E-state index is 12.7. The zero-order chi connectivity index (χ0) is 10.9. The second kappa shape index (κ2) is 5.24. The number of benzene rings is 1. The fourth-order valence-corrected chi connectivity index (χ4v) is 0.830. The molecule has 15 heavy (non-hydrogen) atoms. The summed E-state index contributed by atoms with van der Waals surface area (Å²) in [6.45, 7) is 0. The molecule has 2 N–H and O–H groups in total. The molecule has 1 aromatic rings. The lowest BCUT2D eigenvalue weighted by atomic mass is 10.2. The molecule has 8 heteroatoms. The highest BCUT2D eigenvalue weighted by Crippen LogP contribution is 2.25. The first kappa shape index (κ1) is 14.1. The molecule has 0 amide bonds. The summed E-state index contributed by atoms with van der Waals surface area (Å²) in [5, 5.41) is 0. The minimum Gasteiger partial charge on any atom is -0.262 e. The molecule has 1 unspecified atom stereocenters. The van der Waals surface area contributed by atoms with Crippen molar-refractivity contribution in [3.63, 3.8) is 0 Å². The largest absolute Gasteiger partial charge is 0.262 e. The van der Waals surface area contributed by atoms with Gasteiger partial charge in [0.2, 0.25) is 6.36 Å². The van der Waals surface area contributed by atoms with Gasteiger partial charge < -0.3 is 0 Å². The van der Waals surface area contributed by atoms with E-state index in [-0.39, 0.29) is 18.5 Å². The van der Waals surface area contributed by atoms with Crippen LogP contribution in [0.4, 0.5) is 22.0 Å². The molecule has 0 saturated carbocycles. The standard InChI is InChI=1S/C7H4F5NO.ClH/c8-3-1-2(7(12)14-13)4(9)6(11)5(3)10;/h1,7H,13H2;1H. The van der Waals surface area contributed by atoms with Crippen LogP contribution in [-0.2, 0) is 4.84 Å². The average molecular weight is 250 g/mol. The van der Waals surface area contributed by atoms with Crippen LogP contribution in [-0.4, -0.2) is 0 Å². The van der Waals surface area contributed by atoms with Crippen molar-refractivity contribution < 1.29 is 26.8 Å². The average Bonchev–Trinajstić information content (AvgIpc) is 2.19. The van der Waals surface area contributed by atoms with Crippen LogP contribution in [0.3, 0.4) is 0 Å². The first-order valence-corrected chi connectivity index (χ1v) is 3.31. The molecule has 1 atom stereocenters. The van der Waals surface area contributed by atoms with E-state index < -0.39 is 35.2 Å². The Morgan fingerprint density at radius 3 is 2.07 bits per heavy atom. The fourth-order valence-electron chi connectivity index (χ4n) is 0.830. The maximum absolute atomic E-state index is 12.7. The zero-order valence-electron chi connectivity index (χ0n) is 6.94. The summed E-state index contributed by atoms with van der Waals surface area (Å²) in [6, 6.07) is 0.130. The molecule has 0 bridgehead atoms. The third-order valence-corrected chi connectivity index (χ3v) is 1.49. The van der Waals surface area contributed by atoms with E-state index in [2.05, 4.69) is 10.7 Å². The number of hydrogen-bond donors (Lipinski definition) is 1. The van der Waals surface area contributed by atoms with Crippen LogP contribution in [0, 0.1) is 23.3 Å². The highest BCUT2D eigenvalue weighted by atomic mass is 35.5. The van der Waals surface area contributed by atoms with Crippen molar-refractivity contribution in [1.29, 1.82) is 0 Å². The van der Waals surface area contributed by atoms with E-state index in [4.69, 9.17) is 0 Å². The smallest absolute Gasteiger partial charge is 0.245 e. The molecule has 1 rings (SSSR count). The molecule has 0 spiro atoms. The molecule has 0 fully saturated rings. The van der Waals surface area contributed by atoms with E-state index in [1.54, 1.807) is 0 Å². The Morgan fingerprint density at radius 2 is 1.60 bits per heavy atom. The van der Waals surface area contributed by atoms with Crippen LogP contribution in [0.1, 0.15) is 11.9 Å². The highest BCUT2D eigenvalue weighted by Gasteiger charge is 2.24. The van der Waals surface area contributed by atoms with E-state index >= 15 is 0 Å². The molecular weight excluding hydrogens is 245 g/mol. The Bertz CT molecular complexity index is 362. The van der Waals surface area contributed by atoms with Crippen LogP contribution >= 0.6 is 12.4 Å². The van der Waals surface area contributed by atoms with E-state index in [1.807, 2.05) is 0 Å². The number of hydrogen-bond acceptors (Lipinski definition) is 2. The van der Waals surface area contributed by atoms with E-state index in [9.17, 15) is 22.0 Å². The van der Waals surface area contributed by atoms with Crippen LogP contribution in [0.5, 0.6) is 0 Å². The van der Waals surface area contributed by atoms with Gasteiger partial charge in [-0.1, -0.05) is 0 Å². The molecule has 0 aliphatic heterocycles. The van der Waals surface area contributed by atoms with Gasteiger partial charge in [0.25, 0.3) is 0 Å². The van der Waals surface area contributed by atoms with Gasteiger partial charge in [0, 0.05) is 0 Å². The summed E-state index contributed by atoms with van der Waals surface area (Å²) in [6.07, 6.45) is -2.56. The fraction of sp³-hybridized carbons (Fsp3) is 0.143. The lowest BCUT2D eigenvalue weighted by Gasteiger charge is -2.08. The monoisotopic (exact) mass is 249 g/mol. The topological polar surface area (TPSA) is 35.2 Å². The van der Waals surface area contributed by atoms with E-state index in [0.717, 1.165) is 0 Å². The molecule has 0 heterocycles. The summed E-state index contributed by atoms with van der Waals surface area (Å²) in [7, 11) is 0. The number of rotatable bonds is 2. The van der Waals surface area contributed by atoms with Gasteiger partial charge in [-0.05, 0) is 6.07 Å². The van der Waals surface area contributed by atoms with Crippen molar-refractivity contribution in [3.8, 4) is 0 Å². The van der Waals surface area contributed by atoms with Gasteiger partial charge in [0.05, 0.1) is 5.56 Å². The summed E-state index contributed by atoms with van der Waals surface area (Å²) in [5.74, 6) is -3.40. The lowest BCUT2D eigenvalue weighted by Crippen LogP contribution is -2.09. The van der Waals surface area contributed by atoms with Gasteiger partial charge in [0.1, 0.15) is 0 Å². The Morgan fingerprint density at radius 1 is 1.07 bits per heavy atom. The lowest BCUT2D eigenvalue weighted by molar-refractivity contribution is -0.0459. The zero-order valence-corrected chi connectivity index (χ0v) is 7.75. The minimum absolute atomic E-state index is 0. The first-order valence-electron chi connectivity index (χ1n) is 3.31. The quantitative estimate of drug-likeness (QED) is 0.378. The molecule has 0 aromatic heterocycles. The molecule has 0 radical (unpaired) electrons. The predicted octanol–water partition coefficient (Wildman–Crippen LogP) is 2.52. The minimum atomic E-state index is -2.56. The molecule has 2 nitrogen and oxygen atoms in total. The predicted molar refractivity (Wildman–Crippen MR) is 42.6 cm³/mol. The Kier molecular flexibility index (Phi) is 4.92. The van der Waals surface area contributed by atoms with Gasteiger partial charge in [-0.25, -0.2) is 27.8 Å². The van der Waals surface area contributed by atoms with E-state index in [0.29, 0.717) is 0 Å². The van der Waals surface area contributed by atoms with Gasteiger partial charge in [-0.3, -0.25) is 4.84 Å². The third-order valence-electron chi connectivity index (χ3n) is 1.49. The molecule has 86 valence electrons. The second-order valence-electron chi connectivity index (χ2n) is 2.34. The van der Waals surface area contributed by atoms with Crippen molar-refractivity contribution in [1.82, 2.24) is 0 Å². The summed E-state index contributed by atoms with van der Waals surface area (Å²) < 4.78 is 62.6. The van der Waals surface area contributed by atoms with Crippen molar-refractivity contribution in [2.24, 2.45) is 5.90 Å². The molecular formula is C7H5ClF5NO. The van der Waals surface area contributed by atoms with Crippen molar-refractivity contribution in [2.75, 3.05) is 0 Å². The van der Waals surface area contributed by atoms with Gasteiger partial charge >= 0.3 is 0 Å². The number of nitrogens with two attached hydrogens (primary N) is 1. The Labute approximate surface area is 87.2 Å². The molecule has 0 saturated heterocycles. The first-order chi connectivity index (χ1) is 6.49. The SMILES string of the molecule is Cl.NOC(F)c1cc(F)c(F)c(F)c1F. The van der Waals surface area contributed by atoms with Gasteiger partial charge in [0.15, 0.2) is 23.3 Å². The van der Waals surface area contributed by atoms with Crippen molar-refractivity contribution in [3.05, 3.63) is 34.9 Å².